The predicted molar refractivity (Wildman–Crippen MR) is 65.3 cm³/mol. The Kier molecular flexibility index (Phi) is 3.71. The van der Waals surface area contributed by atoms with E-state index >= 15 is 0 Å². The van der Waals surface area contributed by atoms with Gasteiger partial charge in [0.25, 0.3) is 0 Å². The Morgan fingerprint density at radius 3 is 2.60 bits per heavy atom. The summed E-state index contributed by atoms with van der Waals surface area (Å²) in [6.07, 6.45) is 2.22. The van der Waals surface area contributed by atoms with Crippen molar-refractivity contribution < 1.29 is 4.79 Å². The summed E-state index contributed by atoms with van der Waals surface area (Å²) in [5.41, 5.74) is 1.23. The standard InChI is InChI=1S/C12H13ClOS/c13-11-5-1-9(2-6-11)7-15-8-12(14)10-3-4-10/h1-2,5-6,10H,3-4,7-8H2. The second-order valence-electron chi connectivity index (χ2n) is 3.86. The molecule has 0 amide bonds. The Labute approximate surface area is 99.2 Å². The molecule has 15 heavy (non-hydrogen) atoms. The van der Waals surface area contributed by atoms with Crippen molar-refractivity contribution in [3.05, 3.63) is 34.9 Å². The summed E-state index contributed by atoms with van der Waals surface area (Å²) < 4.78 is 0. The fourth-order valence-electron chi connectivity index (χ4n) is 1.37. The van der Waals surface area contributed by atoms with E-state index in [0.29, 0.717) is 17.5 Å². The first-order chi connectivity index (χ1) is 7.25. The summed E-state index contributed by atoms with van der Waals surface area (Å²) >= 11 is 7.48. The van der Waals surface area contributed by atoms with Crippen molar-refractivity contribution in [1.29, 1.82) is 0 Å². The van der Waals surface area contributed by atoms with Gasteiger partial charge in [-0.3, -0.25) is 4.79 Å². The minimum atomic E-state index is 0.391. The van der Waals surface area contributed by atoms with Gasteiger partial charge < -0.3 is 0 Å². The molecule has 1 aromatic carbocycles. The van der Waals surface area contributed by atoms with Gasteiger partial charge in [-0.15, -0.1) is 11.8 Å². The number of hydrogen-bond donors (Lipinski definition) is 0. The monoisotopic (exact) mass is 240 g/mol. The number of benzene rings is 1. The molecule has 0 aromatic heterocycles. The minimum Gasteiger partial charge on any atom is -0.298 e. The average molecular weight is 241 g/mol. The maximum atomic E-state index is 11.4. The average Bonchev–Trinajstić information content (AvgIpc) is 3.04. The molecule has 0 radical (unpaired) electrons. The van der Waals surface area contributed by atoms with Crippen LogP contribution in [0.3, 0.4) is 0 Å². The SMILES string of the molecule is O=C(CSCc1ccc(Cl)cc1)C1CC1. The highest BCUT2D eigenvalue weighted by Gasteiger charge is 2.28. The fourth-order valence-corrected chi connectivity index (χ4v) is 2.47. The Hall–Kier alpha value is -0.470. The first kappa shape index (κ1) is 11.0. The quantitative estimate of drug-likeness (QED) is 0.783. The lowest BCUT2D eigenvalue weighted by Gasteiger charge is -2.01. The van der Waals surface area contributed by atoms with Crippen LogP contribution in [0.1, 0.15) is 18.4 Å². The van der Waals surface area contributed by atoms with Crippen molar-refractivity contribution in [3.63, 3.8) is 0 Å². The van der Waals surface area contributed by atoms with E-state index in [0.717, 1.165) is 23.6 Å². The summed E-state index contributed by atoms with van der Waals surface area (Å²) in [4.78, 5) is 11.4. The molecule has 1 nitrogen and oxygen atoms in total. The highest BCUT2D eigenvalue weighted by molar-refractivity contribution is 7.99. The van der Waals surface area contributed by atoms with Gasteiger partial charge in [0, 0.05) is 16.7 Å². The molecule has 0 unspecified atom stereocenters. The third-order valence-electron chi connectivity index (χ3n) is 2.46. The Balaban J connectivity index is 1.73. The van der Waals surface area contributed by atoms with Gasteiger partial charge in [0.15, 0.2) is 0 Å². The number of hydrogen-bond acceptors (Lipinski definition) is 2. The Morgan fingerprint density at radius 2 is 2.00 bits per heavy atom. The van der Waals surface area contributed by atoms with Crippen LogP contribution in [0, 0.1) is 5.92 Å². The molecule has 0 N–H and O–H groups in total. The van der Waals surface area contributed by atoms with Gasteiger partial charge in [-0.2, -0.15) is 0 Å². The lowest BCUT2D eigenvalue weighted by atomic mass is 10.2. The molecule has 1 saturated carbocycles. The first-order valence-corrected chi connectivity index (χ1v) is 6.64. The predicted octanol–water partition coefficient (Wildman–Crippen LogP) is 3.55. The zero-order valence-corrected chi connectivity index (χ0v) is 9.98. The van der Waals surface area contributed by atoms with E-state index in [1.165, 1.54) is 5.56 Å². The first-order valence-electron chi connectivity index (χ1n) is 5.10. The topological polar surface area (TPSA) is 17.1 Å². The van der Waals surface area contributed by atoms with Gasteiger partial charge >= 0.3 is 0 Å². The maximum absolute atomic E-state index is 11.4. The van der Waals surface area contributed by atoms with Crippen LogP contribution < -0.4 is 0 Å². The molecular weight excluding hydrogens is 228 g/mol. The zero-order valence-electron chi connectivity index (χ0n) is 8.41. The van der Waals surface area contributed by atoms with Gasteiger partial charge in [0.05, 0.1) is 5.75 Å². The number of rotatable bonds is 5. The number of halogens is 1. The van der Waals surface area contributed by atoms with Crippen molar-refractivity contribution in [1.82, 2.24) is 0 Å². The summed E-state index contributed by atoms with van der Waals surface area (Å²) in [5.74, 6) is 2.37. The molecule has 80 valence electrons. The molecule has 0 spiro atoms. The normalized spacial score (nSPS) is 15.3. The summed E-state index contributed by atoms with van der Waals surface area (Å²) in [7, 11) is 0. The summed E-state index contributed by atoms with van der Waals surface area (Å²) in [6, 6.07) is 7.80. The molecule has 3 heteroatoms. The molecule has 1 aromatic rings. The number of Topliss-reactive ketones (excluding diaryl/α,β-unsaturated/α-hetero) is 1. The molecule has 1 aliphatic rings. The van der Waals surface area contributed by atoms with Crippen molar-refractivity contribution in [2.24, 2.45) is 5.92 Å². The summed E-state index contributed by atoms with van der Waals surface area (Å²) in [6.45, 7) is 0. The van der Waals surface area contributed by atoms with Crippen LogP contribution in [0.4, 0.5) is 0 Å². The Bertz CT molecular complexity index is 343. The zero-order chi connectivity index (χ0) is 10.7. The Morgan fingerprint density at radius 1 is 1.33 bits per heavy atom. The van der Waals surface area contributed by atoms with Crippen LogP contribution in [0.15, 0.2) is 24.3 Å². The van der Waals surface area contributed by atoms with Crippen LogP contribution in [-0.4, -0.2) is 11.5 Å². The second kappa shape index (κ2) is 5.04. The molecule has 0 aliphatic heterocycles. The van der Waals surface area contributed by atoms with E-state index in [1.807, 2.05) is 24.3 Å². The van der Waals surface area contributed by atoms with Crippen LogP contribution >= 0.6 is 23.4 Å². The molecule has 2 rings (SSSR count). The van der Waals surface area contributed by atoms with E-state index in [4.69, 9.17) is 11.6 Å². The second-order valence-corrected chi connectivity index (χ2v) is 5.28. The van der Waals surface area contributed by atoms with Gasteiger partial charge in [-0.1, -0.05) is 23.7 Å². The molecule has 1 fully saturated rings. The van der Waals surface area contributed by atoms with Crippen molar-refractivity contribution in [2.75, 3.05) is 5.75 Å². The highest BCUT2D eigenvalue weighted by atomic mass is 35.5. The fraction of sp³-hybridized carbons (Fsp3) is 0.417. The molecule has 0 heterocycles. The van der Waals surface area contributed by atoms with Crippen LogP contribution in [-0.2, 0) is 10.5 Å². The largest absolute Gasteiger partial charge is 0.298 e. The van der Waals surface area contributed by atoms with Gasteiger partial charge in [-0.25, -0.2) is 0 Å². The molecular formula is C12H13ClOS. The van der Waals surface area contributed by atoms with Crippen LogP contribution in [0.25, 0.3) is 0 Å². The van der Waals surface area contributed by atoms with E-state index in [2.05, 4.69) is 0 Å². The third-order valence-corrected chi connectivity index (χ3v) is 3.74. The van der Waals surface area contributed by atoms with E-state index in [-0.39, 0.29) is 0 Å². The smallest absolute Gasteiger partial charge is 0.145 e. The van der Waals surface area contributed by atoms with Gasteiger partial charge in [0.2, 0.25) is 0 Å². The van der Waals surface area contributed by atoms with E-state index in [1.54, 1.807) is 11.8 Å². The highest BCUT2D eigenvalue weighted by Crippen LogP contribution is 2.31. The number of carbonyl (C=O) groups excluding carboxylic acids is 1. The van der Waals surface area contributed by atoms with Gasteiger partial charge in [-0.05, 0) is 30.5 Å². The minimum absolute atomic E-state index is 0.391. The number of ketones is 1. The molecule has 0 bridgehead atoms. The maximum Gasteiger partial charge on any atom is 0.145 e. The number of thioether (sulfide) groups is 1. The lowest BCUT2D eigenvalue weighted by molar-refractivity contribution is -0.117. The van der Waals surface area contributed by atoms with Crippen molar-refractivity contribution >= 4 is 29.1 Å². The third kappa shape index (κ3) is 3.54. The van der Waals surface area contributed by atoms with E-state index in [9.17, 15) is 4.79 Å². The number of carbonyl (C=O) groups is 1. The van der Waals surface area contributed by atoms with Crippen LogP contribution in [0.5, 0.6) is 0 Å². The van der Waals surface area contributed by atoms with Crippen molar-refractivity contribution in [3.8, 4) is 0 Å². The van der Waals surface area contributed by atoms with Crippen molar-refractivity contribution in [2.45, 2.75) is 18.6 Å². The summed E-state index contributed by atoms with van der Waals surface area (Å²) in [5, 5.41) is 0.762. The molecule has 1 aliphatic carbocycles. The lowest BCUT2D eigenvalue weighted by Crippen LogP contribution is -2.03. The van der Waals surface area contributed by atoms with E-state index < -0.39 is 0 Å². The van der Waals surface area contributed by atoms with Gasteiger partial charge in [0.1, 0.15) is 5.78 Å². The van der Waals surface area contributed by atoms with Crippen LogP contribution in [0.2, 0.25) is 5.02 Å². The molecule has 0 saturated heterocycles. The molecule has 0 atom stereocenters.